The van der Waals surface area contributed by atoms with E-state index in [9.17, 15) is 0 Å². The molecule has 0 aliphatic heterocycles. The van der Waals surface area contributed by atoms with Crippen LogP contribution in [-0.4, -0.2) is 0 Å². The molecular formula is C10H18. The lowest BCUT2D eigenvalue weighted by molar-refractivity contribution is 0.912. The van der Waals surface area contributed by atoms with E-state index in [4.69, 9.17) is 0 Å². The van der Waals surface area contributed by atoms with E-state index in [0.717, 1.165) is 6.42 Å². The Kier molecular flexibility index (Phi) is 6.25. The number of hydrogen-bond acceptors (Lipinski definition) is 0. The summed E-state index contributed by atoms with van der Waals surface area (Å²) in [5.41, 5.74) is 1.50. The zero-order valence-electron chi connectivity index (χ0n) is 7.19. The van der Waals surface area contributed by atoms with Crippen LogP contribution >= 0.6 is 0 Å². The van der Waals surface area contributed by atoms with Gasteiger partial charge in [-0.2, -0.15) is 0 Å². The summed E-state index contributed by atoms with van der Waals surface area (Å²) in [5.74, 6) is 0. The summed E-state index contributed by atoms with van der Waals surface area (Å²) in [4.78, 5) is 0. The second-order valence-corrected chi connectivity index (χ2v) is 2.67. The molecule has 0 heteroatoms. The molecule has 0 aromatic carbocycles. The molecule has 0 bridgehead atoms. The minimum atomic E-state index is 1.12. The van der Waals surface area contributed by atoms with Crippen LogP contribution in [0.1, 0.15) is 39.5 Å². The van der Waals surface area contributed by atoms with Gasteiger partial charge in [0.2, 0.25) is 0 Å². The molecule has 0 atom stereocenters. The van der Waals surface area contributed by atoms with Crippen LogP contribution in [0.15, 0.2) is 24.3 Å². The van der Waals surface area contributed by atoms with Gasteiger partial charge in [0.25, 0.3) is 0 Å². The van der Waals surface area contributed by atoms with Crippen molar-refractivity contribution < 1.29 is 0 Å². The molecule has 10 heavy (non-hydrogen) atoms. The van der Waals surface area contributed by atoms with Gasteiger partial charge in [-0.05, 0) is 26.2 Å². The van der Waals surface area contributed by atoms with Crippen molar-refractivity contribution in [3.8, 4) is 0 Å². The Bertz CT molecular complexity index is 109. The third kappa shape index (κ3) is 5.61. The van der Waals surface area contributed by atoms with Crippen LogP contribution < -0.4 is 0 Å². The molecular weight excluding hydrogens is 120 g/mol. The van der Waals surface area contributed by atoms with Crippen molar-refractivity contribution in [2.45, 2.75) is 39.5 Å². The summed E-state index contributed by atoms with van der Waals surface area (Å²) in [7, 11) is 0. The molecule has 0 aromatic heterocycles. The zero-order valence-corrected chi connectivity index (χ0v) is 7.19. The third-order valence-electron chi connectivity index (χ3n) is 1.52. The van der Waals surface area contributed by atoms with Gasteiger partial charge in [0.15, 0.2) is 0 Å². The quantitative estimate of drug-likeness (QED) is 0.508. The van der Waals surface area contributed by atoms with Gasteiger partial charge < -0.3 is 0 Å². The van der Waals surface area contributed by atoms with Gasteiger partial charge in [0, 0.05) is 0 Å². The number of hydrogen-bond donors (Lipinski definition) is 0. The number of allylic oxidation sites excluding steroid dienone is 3. The Morgan fingerprint density at radius 2 is 2.10 bits per heavy atom. The van der Waals surface area contributed by atoms with E-state index in [1.807, 2.05) is 6.08 Å². The van der Waals surface area contributed by atoms with E-state index in [0.29, 0.717) is 0 Å². The predicted octanol–water partition coefficient (Wildman–Crippen LogP) is 3.70. The molecule has 0 rings (SSSR count). The van der Waals surface area contributed by atoms with Crippen LogP contribution in [0, 0.1) is 0 Å². The first kappa shape index (κ1) is 9.48. The molecule has 0 saturated heterocycles. The van der Waals surface area contributed by atoms with Crippen molar-refractivity contribution >= 4 is 0 Å². The average Bonchev–Trinajstić information content (AvgIpc) is 1.97. The summed E-state index contributed by atoms with van der Waals surface area (Å²) >= 11 is 0. The highest BCUT2D eigenvalue weighted by molar-refractivity contribution is 4.98. The summed E-state index contributed by atoms with van der Waals surface area (Å²) < 4.78 is 0. The monoisotopic (exact) mass is 138 g/mol. The summed E-state index contributed by atoms with van der Waals surface area (Å²) in [6.07, 6.45) is 9.08. The third-order valence-corrected chi connectivity index (χ3v) is 1.52. The van der Waals surface area contributed by atoms with Gasteiger partial charge in [-0.1, -0.05) is 31.1 Å². The normalized spacial score (nSPS) is 11.6. The Morgan fingerprint density at radius 3 is 2.60 bits per heavy atom. The first-order valence-electron chi connectivity index (χ1n) is 4.07. The highest BCUT2D eigenvalue weighted by atomic mass is 13.9. The van der Waals surface area contributed by atoms with Gasteiger partial charge >= 0.3 is 0 Å². The highest BCUT2D eigenvalue weighted by Crippen LogP contribution is 2.05. The van der Waals surface area contributed by atoms with Gasteiger partial charge in [0.05, 0.1) is 0 Å². The van der Waals surface area contributed by atoms with E-state index in [1.165, 1.54) is 24.8 Å². The molecule has 0 aromatic rings. The molecule has 0 fully saturated rings. The van der Waals surface area contributed by atoms with Gasteiger partial charge in [-0.3, -0.25) is 0 Å². The molecule has 0 N–H and O–H groups in total. The minimum Gasteiger partial charge on any atom is -0.103 e. The highest BCUT2D eigenvalue weighted by Gasteiger charge is 1.85. The van der Waals surface area contributed by atoms with E-state index >= 15 is 0 Å². The minimum absolute atomic E-state index is 1.12. The summed E-state index contributed by atoms with van der Waals surface area (Å²) in [6.45, 7) is 8.08. The number of unbranched alkanes of at least 4 members (excludes halogenated alkanes) is 1. The van der Waals surface area contributed by atoms with E-state index in [2.05, 4.69) is 26.5 Å². The summed E-state index contributed by atoms with van der Waals surface area (Å²) in [6, 6.07) is 0. The Morgan fingerprint density at radius 1 is 1.40 bits per heavy atom. The molecule has 58 valence electrons. The number of rotatable bonds is 5. The van der Waals surface area contributed by atoms with E-state index in [-0.39, 0.29) is 0 Å². The van der Waals surface area contributed by atoms with E-state index in [1.54, 1.807) is 0 Å². The zero-order chi connectivity index (χ0) is 7.82. The van der Waals surface area contributed by atoms with Crippen LogP contribution in [0.5, 0.6) is 0 Å². The van der Waals surface area contributed by atoms with Crippen LogP contribution in [0.25, 0.3) is 0 Å². The molecule has 0 unspecified atom stereocenters. The van der Waals surface area contributed by atoms with Crippen molar-refractivity contribution in [2.24, 2.45) is 0 Å². The lowest BCUT2D eigenvalue weighted by atomic mass is 10.1. The standard InChI is InChI=1S/C10H18/c1-4-6-8-10(3)9-7-5-2/h4,9H,1,5-8H2,2-3H3. The maximum Gasteiger partial charge on any atom is -0.0288 e. The van der Waals surface area contributed by atoms with Crippen LogP contribution in [-0.2, 0) is 0 Å². The second-order valence-electron chi connectivity index (χ2n) is 2.67. The lowest BCUT2D eigenvalue weighted by Gasteiger charge is -1.95. The summed E-state index contributed by atoms with van der Waals surface area (Å²) in [5, 5.41) is 0. The van der Waals surface area contributed by atoms with Crippen LogP contribution in [0.2, 0.25) is 0 Å². The fourth-order valence-corrected chi connectivity index (χ4v) is 0.823. The largest absolute Gasteiger partial charge is 0.103 e. The van der Waals surface area contributed by atoms with Crippen molar-refractivity contribution in [1.29, 1.82) is 0 Å². The van der Waals surface area contributed by atoms with Crippen molar-refractivity contribution in [1.82, 2.24) is 0 Å². The molecule has 0 nitrogen and oxygen atoms in total. The Balaban J connectivity index is 3.38. The maximum atomic E-state index is 3.69. The van der Waals surface area contributed by atoms with Gasteiger partial charge in [0.1, 0.15) is 0 Å². The molecule has 0 spiro atoms. The Labute approximate surface area is 64.6 Å². The molecule has 0 saturated carbocycles. The molecule has 0 heterocycles. The maximum absolute atomic E-state index is 3.69. The van der Waals surface area contributed by atoms with E-state index < -0.39 is 0 Å². The van der Waals surface area contributed by atoms with Gasteiger partial charge in [-0.25, -0.2) is 0 Å². The fourth-order valence-electron chi connectivity index (χ4n) is 0.823. The first-order chi connectivity index (χ1) is 4.81. The topological polar surface area (TPSA) is 0 Å². The van der Waals surface area contributed by atoms with Crippen molar-refractivity contribution in [3.05, 3.63) is 24.3 Å². The second kappa shape index (κ2) is 6.60. The predicted molar refractivity (Wildman–Crippen MR) is 48.1 cm³/mol. The fraction of sp³-hybridized carbons (Fsp3) is 0.600. The van der Waals surface area contributed by atoms with Crippen molar-refractivity contribution in [2.75, 3.05) is 0 Å². The SMILES string of the molecule is C=CCCC(C)=CCCC. The molecule has 0 aliphatic carbocycles. The van der Waals surface area contributed by atoms with Crippen LogP contribution in [0.4, 0.5) is 0 Å². The average molecular weight is 138 g/mol. The van der Waals surface area contributed by atoms with Crippen molar-refractivity contribution in [3.63, 3.8) is 0 Å². The smallest absolute Gasteiger partial charge is 0.0288 e. The van der Waals surface area contributed by atoms with Gasteiger partial charge in [-0.15, -0.1) is 6.58 Å². The molecule has 0 aliphatic rings. The molecule has 0 radical (unpaired) electrons. The van der Waals surface area contributed by atoms with Crippen LogP contribution in [0.3, 0.4) is 0 Å². The first-order valence-corrected chi connectivity index (χ1v) is 4.07. The molecule has 0 amide bonds. The lowest BCUT2D eigenvalue weighted by Crippen LogP contribution is -1.75. The Hall–Kier alpha value is -0.520.